The van der Waals surface area contributed by atoms with Crippen LogP contribution in [0, 0.1) is 0 Å². The van der Waals surface area contributed by atoms with Crippen LogP contribution in [-0.4, -0.2) is 51.8 Å². The molecule has 190 valence electrons. The van der Waals surface area contributed by atoms with Gasteiger partial charge in [0.15, 0.2) is 5.76 Å². The van der Waals surface area contributed by atoms with Gasteiger partial charge >= 0.3 is 0 Å². The number of nitrogens with one attached hydrogen (secondary N) is 1. The minimum Gasteiger partial charge on any atom is -0.508 e. The SMILES string of the molecule is NC(=O)C(Cc1ccc(O)cc1)NC(=O)c1csc(C2CCN(C(=O)c3cc4ccccc4o3)CC2)n1. The van der Waals surface area contributed by atoms with E-state index < -0.39 is 17.9 Å². The molecule has 4 N–H and O–H groups in total. The second kappa shape index (κ2) is 10.4. The minimum absolute atomic E-state index is 0.114. The molecule has 0 aliphatic carbocycles. The predicted octanol–water partition coefficient (Wildman–Crippen LogP) is 3.44. The first-order valence-electron chi connectivity index (χ1n) is 12.0. The maximum absolute atomic E-state index is 12.9. The molecule has 1 saturated heterocycles. The molecule has 2 aromatic carbocycles. The monoisotopic (exact) mass is 518 g/mol. The molecule has 0 saturated carbocycles. The van der Waals surface area contributed by atoms with Gasteiger partial charge in [-0.05, 0) is 42.7 Å². The number of nitrogens with zero attached hydrogens (tertiary/aromatic N) is 2. The number of carbonyl (C=O) groups is 3. The van der Waals surface area contributed by atoms with E-state index in [2.05, 4.69) is 10.3 Å². The van der Waals surface area contributed by atoms with Gasteiger partial charge in [0, 0.05) is 36.2 Å². The van der Waals surface area contributed by atoms with Crippen molar-refractivity contribution < 1.29 is 23.9 Å². The quantitative estimate of drug-likeness (QED) is 0.343. The summed E-state index contributed by atoms with van der Waals surface area (Å²) in [6, 6.07) is 14.8. The summed E-state index contributed by atoms with van der Waals surface area (Å²) in [5.41, 5.74) is 7.18. The molecular weight excluding hydrogens is 492 g/mol. The van der Waals surface area contributed by atoms with Crippen molar-refractivity contribution in [2.45, 2.75) is 31.2 Å². The highest BCUT2D eigenvalue weighted by Gasteiger charge is 2.29. The van der Waals surface area contributed by atoms with E-state index >= 15 is 0 Å². The summed E-state index contributed by atoms with van der Waals surface area (Å²) in [5, 5.41) is 15.5. The van der Waals surface area contributed by atoms with Gasteiger partial charge < -0.3 is 25.5 Å². The molecule has 1 aliphatic rings. The Balaban J connectivity index is 1.18. The fourth-order valence-electron chi connectivity index (χ4n) is 4.47. The molecule has 0 radical (unpaired) electrons. The maximum Gasteiger partial charge on any atom is 0.289 e. The highest BCUT2D eigenvalue weighted by atomic mass is 32.1. The third-order valence-electron chi connectivity index (χ3n) is 6.55. The third-order valence-corrected chi connectivity index (χ3v) is 7.55. The Bertz CT molecular complexity index is 1400. The molecular formula is C27H26N4O5S. The first-order valence-corrected chi connectivity index (χ1v) is 12.9. The molecule has 5 rings (SSSR count). The predicted molar refractivity (Wildman–Crippen MR) is 138 cm³/mol. The number of aromatic hydroxyl groups is 1. The maximum atomic E-state index is 12.9. The van der Waals surface area contributed by atoms with Gasteiger partial charge in [0.1, 0.15) is 23.1 Å². The molecule has 3 heterocycles. The second-order valence-electron chi connectivity index (χ2n) is 9.08. The van der Waals surface area contributed by atoms with Gasteiger partial charge in [0.2, 0.25) is 5.91 Å². The van der Waals surface area contributed by atoms with E-state index in [9.17, 15) is 19.5 Å². The zero-order valence-electron chi connectivity index (χ0n) is 19.9. The molecule has 3 amide bonds. The number of nitrogens with two attached hydrogens (primary N) is 1. The number of thiazole rings is 1. The number of likely N-dealkylation sites (tertiary alicyclic amines) is 1. The van der Waals surface area contributed by atoms with E-state index in [1.807, 2.05) is 24.3 Å². The molecule has 0 spiro atoms. The van der Waals surface area contributed by atoms with Crippen molar-refractivity contribution in [3.8, 4) is 5.75 Å². The molecule has 0 bridgehead atoms. The normalized spacial score (nSPS) is 15.0. The number of fused-ring (bicyclic) bond motifs is 1. The van der Waals surface area contributed by atoms with Gasteiger partial charge in [-0.3, -0.25) is 14.4 Å². The molecule has 9 nitrogen and oxygen atoms in total. The van der Waals surface area contributed by atoms with Crippen LogP contribution in [0.15, 0.2) is 64.4 Å². The average molecular weight is 519 g/mol. The topological polar surface area (TPSA) is 139 Å². The number of amides is 3. The summed E-state index contributed by atoms with van der Waals surface area (Å²) in [4.78, 5) is 44.0. The summed E-state index contributed by atoms with van der Waals surface area (Å²) in [6.45, 7) is 1.13. The Kier molecular flexibility index (Phi) is 6.91. The molecule has 1 aliphatic heterocycles. The van der Waals surface area contributed by atoms with Gasteiger partial charge in [0.25, 0.3) is 11.8 Å². The summed E-state index contributed by atoms with van der Waals surface area (Å²) < 4.78 is 5.73. The summed E-state index contributed by atoms with van der Waals surface area (Å²) in [6.07, 6.45) is 1.66. The molecule has 4 aromatic rings. The Morgan fingerprint density at radius 1 is 1.14 bits per heavy atom. The van der Waals surface area contributed by atoms with Crippen molar-refractivity contribution >= 4 is 40.0 Å². The summed E-state index contributed by atoms with van der Waals surface area (Å²) in [7, 11) is 0. The highest BCUT2D eigenvalue weighted by Crippen LogP contribution is 2.31. The number of carbonyl (C=O) groups excluding carboxylic acids is 3. The van der Waals surface area contributed by atoms with Crippen molar-refractivity contribution in [3.05, 3.63) is 82.0 Å². The van der Waals surface area contributed by atoms with Crippen molar-refractivity contribution in [2.75, 3.05) is 13.1 Å². The van der Waals surface area contributed by atoms with Crippen LogP contribution in [0.4, 0.5) is 0 Å². The smallest absolute Gasteiger partial charge is 0.289 e. The van der Waals surface area contributed by atoms with Crippen LogP contribution in [-0.2, 0) is 11.2 Å². The number of phenols is 1. The minimum atomic E-state index is -0.908. The number of primary amides is 1. The molecule has 2 aromatic heterocycles. The molecule has 37 heavy (non-hydrogen) atoms. The van der Waals surface area contributed by atoms with E-state index in [0.717, 1.165) is 28.8 Å². The molecule has 1 unspecified atom stereocenters. The third kappa shape index (κ3) is 5.49. The van der Waals surface area contributed by atoms with E-state index in [-0.39, 0.29) is 29.7 Å². The number of rotatable bonds is 7. The lowest BCUT2D eigenvalue weighted by atomic mass is 9.97. The van der Waals surface area contributed by atoms with Gasteiger partial charge in [-0.25, -0.2) is 4.98 Å². The van der Waals surface area contributed by atoms with Gasteiger partial charge in [-0.1, -0.05) is 30.3 Å². The summed E-state index contributed by atoms with van der Waals surface area (Å²) in [5.74, 6) is -0.663. The Hall–Kier alpha value is -4.18. The standard InChI is InChI=1S/C27H26N4O5S/c28-24(33)20(13-16-5-7-19(32)8-6-16)29-25(34)21-15-37-26(30-21)17-9-11-31(12-10-17)27(35)23-14-18-3-1-2-4-22(18)36-23/h1-8,14-15,17,20,32H,9-13H2,(H2,28,33)(H,29,34). The molecule has 1 fully saturated rings. The Morgan fingerprint density at radius 3 is 2.57 bits per heavy atom. The number of benzene rings is 2. The number of phenolic OH excluding ortho intramolecular Hbond substituents is 1. The first kappa shape index (κ1) is 24.5. The van der Waals surface area contributed by atoms with Gasteiger partial charge in [-0.2, -0.15) is 0 Å². The van der Waals surface area contributed by atoms with Crippen LogP contribution in [0.5, 0.6) is 5.75 Å². The molecule has 10 heteroatoms. The van der Waals surface area contributed by atoms with Gasteiger partial charge in [0.05, 0.1) is 5.01 Å². The lowest BCUT2D eigenvalue weighted by Crippen LogP contribution is -2.46. The largest absolute Gasteiger partial charge is 0.508 e. The molecule has 1 atom stereocenters. The van der Waals surface area contributed by atoms with E-state index in [1.165, 1.54) is 23.5 Å². The van der Waals surface area contributed by atoms with Gasteiger partial charge in [-0.15, -0.1) is 11.3 Å². The van der Waals surface area contributed by atoms with Crippen molar-refractivity contribution in [3.63, 3.8) is 0 Å². The lowest BCUT2D eigenvalue weighted by molar-refractivity contribution is -0.119. The van der Waals surface area contributed by atoms with Crippen molar-refractivity contribution in [1.82, 2.24) is 15.2 Å². The Morgan fingerprint density at radius 2 is 1.86 bits per heavy atom. The fraction of sp³-hybridized carbons (Fsp3) is 0.259. The number of hydrogen-bond acceptors (Lipinski definition) is 7. The number of para-hydroxylation sites is 1. The van der Waals surface area contributed by atoms with Crippen LogP contribution >= 0.6 is 11.3 Å². The fourth-order valence-corrected chi connectivity index (χ4v) is 5.45. The van der Waals surface area contributed by atoms with Crippen LogP contribution in [0.2, 0.25) is 0 Å². The van der Waals surface area contributed by atoms with Crippen LogP contribution in [0.3, 0.4) is 0 Å². The van der Waals surface area contributed by atoms with Crippen molar-refractivity contribution in [1.29, 1.82) is 0 Å². The lowest BCUT2D eigenvalue weighted by Gasteiger charge is -2.30. The van der Waals surface area contributed by atoms with Crippen LogP contribution in [0.25, 0.3) is 11.0 Å². The number of furan rings is 1. The zero-order valence-corrected chi connectivity index (χ0v) is 20.7. The average Bonchev–Trinajstić information content (AvgIpc) is 3.57. The highest BCUT2D eigenvalue weighted by molar-refractivity contribution is 7.09. The number of hydrogen-bond donors (Lipinski definition) is 3. The summed E-state index contributed by atoms with van der Waals surface area (Å²) >= 11 is 1.40. The first-order chi connectivity index (χ1) is 17.9. The van der Waals surface area contributed by atoms with E-state index in [1.54, 1.807) is 28.5 Å². The van der Waals surface area contributed by atoms with E-state index in [4.69, 9.17) is 10.2 Å². The zero-order chi connectivity index (χ0) is 25.9. The van der Waals surface area contributed by atoms with Crippen LogP contribution in [0.1, 0.15) is 50.4 Å². The van der Waals surface area contributed by atoms with E-state index in [0.29, 0.717) is 24.4 Å². The Labute approximate surface area is 216 Å². The number of aromatic nitrogens is 1. The second-order valence-corrected chi connectivity index (χ2v) is 9.97. The number of piperidine rings is 1. The van der Waals surface area contributed by atoms with Crippen molar-refractivity contribution in [2.24, 2.45) is 5.73 Å². The van der Waals surface area contributed by atoms with Crippen LogP contribution < -0.4 is 11.1 Å².